The van der Waals surface area contributed by atoms with Crippen molar-refractivity contribution in [2.24, 2.45) is 0 Å². The van der Waals surface area contributed by atoms with Gasteiger partial charge in [0.05, 0.1) is 5.60 Å². The first kappa shape index (κ1) is 12.9. The predicted octanol–water partition coefficient (Wildman–Crippen LogP) is -0.255. The van der Waals surface area contributed by atoms with Crippen molar-refractivity contribution >= 4 is 15.8 Å². The van der Waals surface area contributed by atoms with Crippen molar-refractivity contribution in [3.63, 3.8) is 0 Å². The van der Waals surface area contributed by atoms with Gasteiger partial charge in [-0.05, 0) is 22.9 Å². The summed E-state index contributed by atoms with van der Waals surface area (Å²) in [6.07, 6.45) is 0.945. The summed E-state index contributed by atoms with van der Waals surface area (Å²) in [6.45, 7) is 1.55. The molecule has 1 aromatic heterocycles. The van der Waals surface area contributed by atoms with E-state index in [2.05, 4.69) is 4.98 Å². The van der Waals surface area contributed by atoms with Crippen LogP contribution in [0.1, 0.15) is 6.92 Å². The fourth-order valence-electron chi connectivity index (χ4n) is 1.67. The summed E-state index contributed by atoms with van der Waals surface area (Å²) in [5.74, 6) is -0.412. The summed E-state index contributed by atoms with van der Waals surface area (Å²) in [5.41, 5.74) is -1.01. The number of aromatic nitrogens is 1. The first-order chi connectivity index (χ1) is 8.22. The summed E-state index contributed by atoms with van der Waals surface area (Å²) in [6, 6.07) is 2.16. The summed E-state index contributed by atoms with van der Waals surface area (Å²) in [4.78, 5) is 13.0. The summed E-state index contributed by atoms with van der Waals surface area (Å²) >= 11 is 0. The van der Waals surface area contributed by atoms with E-state index in [1.165, 1.54) is 6.92 Å². The minimum atomic E-state index is -3.73. The van der Waals surface area contributed by atoms with Crippen LogP contribution in [0.25, 0.3) is 0 Å². The van der Waals surface area contributed by atoms with Crippen LogP contribution in [-0.2, 0) is 10.0 Å². The van der Waals surface area contributed by atoms with Crippen molar-refractivity contribution in [3.05, 3.63) is 28.4 Å². The number of rotatable bonds is 3. The normalized spacial score (nSPS) is 19.2. The first-order valence-corrected chi connectivity index (χ1v) is 6.49. The number of pyridine rings is 1. The molecule has 98 valence electrons. The van der Waals surface area contributed by atoms with Crippen LogP contribution >= 0.6 is 0 Å². The Kier molecular flexibility index (Phi) is 2.84. The maximum atomic E-state index is 12.0. The highest BCUT2D eigenvalue weighted by molar-refractivity contribution is 7.89. The Morgan fingerprint density at radius 3 is 2.50 bits per heavy atom. The van der Waals surface area contributed by atoms with Crippen LogP contribution in [0.3, 0.4) is 0 Å². The van der Waals surface area contributed by atoms with E-state index >= 15 is 0 Å². The molecule has 18 heavy (non-hydrogen) atoms. The number of aliphatic hydroxyl groups is 1. The second kappa shape index (κ2) is 3.97. The zero-order valence-electron chi connectivity index (χ0n) is 9.48. The number of nitro groups is 1. The zero-order chi connectivity index (χ0) is 13.6. The van der Waals surface area contributed by atoms with Crippen LogP contribution in [-0.4, -0.2) is 46.4 Å². The molecule has 0 spiro atoms. The molecule has 0 bridgehead atoms. The van der Waals surface area contributed by atoms with Crippen molar-refractivity contribution in [1.29, 1.82) is 0 Å². The standard InChI is InChI=1S/C9H11N3O5S/c1-9(13)5-11(6-9)18(16,17)7-2-3-8(10-4-7)12(14)15/h2-4,13H,5-6H2,1H3. The highest BCUT2D eigenvalue weighted by atomic mass is 32.2. The lowest BCUT2D eigenvalue weighted by Crippen LogP contribution is -2.61. The molecule has 0 aliphatic carbocycles. The SMILES string of the molecule is CC1(O)CN(S(=O)(=O)c2ccc([N+](=O)[O-])nc2)C1. The maximum absolute atomic E-state index is 12.0. The summed E-state index contributed by atoms with van der Waals surface area (Å²) in [7, 11) is -3.73. The lowest BCUT2D eigenvalue weighted by Gasteiger charge is -2.42. The Bertz CT molecular complexity index is 573. The van der Waals surface area contributed by atoms with Gasteiger partial charge in [-0.25, -0.2) is 8.42 Å². The van der Waals surface area contributed by atoms with E-state index in [0.29, 0.717) is 0 Å². The van der Waals surface area contributed by atoms with E-state index in [1.807, 2.05) is 0 Å². The van der Waals surface area contributed by atoms with Gasteiger partial charge >= 0.3 is 5.82 Å². The third-order valence-electron chi connectivity index (χ3n) is 2.58. The molecule has 0 amide bonds. The van der Waals surface area contributed by atoms with Crippen molar-refractivity contribution in [2.75, 3.05) is 13.1 Å². The van der Waals surface area contributed by atoms with Gasteiger partial charge in [0, 0.05) is 19.2 Å². The van der Waals surface area contributed by atoms with Gasteiger partial charge in [-0.15, -0.1) is 0 Å². The molecule has 0 saturated carbocycles. The molecular weight excluding hydrogens is 262 g/mol. The van der Waals surface area contributed by atoms with Crippen LogP contribution in [0.15, 0.2) is 23.2 Å². The van der Waals surface area contributed by atoms with E-state index in [4.69, 9.17) is 0 Å². The molecule has 1 aliphatic heterocycles. The highest BCUT2D eigenvalue weighted by Crippen LogP contribution is 2.27. The number of sulfonamides is 1. The number of hydrogen-bond donors (Lipinski definition) is 1. The minimum Gasteiger partial charge on any atom is -0.387 e. The Hall–Kier alpha value is -1.58. The molecule has 0 atom stereocenters. The minimum absolute atomic E-state index is 0.00627. The Morgan fingerprint density at radius 2 is 2.11 bits per heavy atom. The Morgan fingerprint density at radius 1 is 1.50 bits per heavy atom. The van der Waals surface area contributed by atoms with Gasteiger partial charge in [0.15, 0.2) is 6.20 Å². The number of hydrogen-bond acceptors (Lipinski definition) is 6. The quantitative estimate of drug-likeness (QED) is 0.599. The predicted molar refractivity (Wildman–Crippen MR) is 60.3 cm³/mol. The van der Waals surface area contributed by atoms with Crippen molar-refractivity contribution < 1.29 is 18.4 Å². The first-order valence-electron chi connectivity index (χ1n) is 5.05. The van der Waals surface area contributed by atoms with Gasteiger partial charge in [0.25, 0.3) is 0 Å². The van der Waals surface area contributed by atoms with Crippen molar-refractivity contribution in [1.82, 2.24) is 9.29 Å². The fourth-order valence-corrected chi connectivity index (χ4v) is 3.29. The summed E-state index contributed by atoms with van der Waals surface area (Å²) < 4.78 is 25.1. The van der Waals surface area contributed by atoms with Gasteiger partial charge in [0.2, 0.25) is 10.0 Å². The molecule has 2 heterocycles. The lowest BCUT2D eigenvalue weighted by molar-refractivity contribution is -0.389. The lowest BCUT2D eigenvalue weighted by atomic mass is 10.0. The Balaban J connectivity index is 2.23. The maximum Gasteiger partial charge on any atom is 0.363 e. The van der Waals surface area contributed by atoms with Crippen LogP contribution in [0.5, 0.6) is 0 Å². The second-order valence-corrected chi connectivity index (χ2v) is 6.32. The molecule has 8 nitrogen and oxygen atoms in total. The van der Waals surface area contributed by atoms with E-state index in [0.717, 1.165) is 22.6 Å². The van der Waals surface area contributed by atoms with Crippen LogP contribution in [0.2, 0.25) is 0 Å². The molecule has 1 N–H and O–H groups in total. The number of nitrogens with zero attached hydrogens (tertiary/aromatic N) is 3. The van der Waals surface area contributed by atoms with Gasteiger partial charge in [-0.3, -0.25) is 0 Å². The third-order valence-corrected chi connectivity index (χ3v) is 4.35. The van der Waals surface area contributed by atoms with Crippen LogP contribution in [0, 0.1) is 10.1 Å². The molecule has 2 rings (SSSR count). The monoisotopic (exact) mass is 273 g/mol. The van der Waals surface area contributed by atoms with Gasteiger partial charge in [-0.2, -0.15) is 4.31 Å². The van der Waals surface area contributed by atoms with Crippen molar-refractivity contribution in [2.45, 2.75) is 17.4 Å². The number of β-amino-alcohol motifs (C(OH)–C–C–N with tert-alkyl or cyclic N) is 1. The average Bonchev–Trinajstić information content (AvgIpc) is 2.26. The molecule has 1 aromatic rings. The highest BCUT2D eigenvalue weighted by Gasteiger charge is 2.44. The van der Waals surface area contributed by atoms with E-state index in [-0.39, 0.29) is 18.0 Å². The molecule has 9 heteroatoms. The molecule has 0 unspecified atom stereocenters. The molecule has 0 radical (unpaired) electrons. The van der Waals surface area contributed by atoms with Crippen LogP contribution < -0.4 is 0 Å². The third kappa shape index (κ3) is 2.19. The summed E-state index contributed by atoms with van der Waals surface area (Å²) in [5, 5.41) is 19.9. The fraction of sp³-hybridized carbons (Fsp3) is 0.444. The molecule has 1 saturated heterocycles. The van der Waals surface area contributed by atoms with Gasteiger partial charge in [-0.1, -0.05) is 0 Å². The smallest absolute Gasteiger partial charge is 0.363 e. The second-order valence-electron chi connectivity index (χ2n) is 4.38. The largest absolute Gasteiger partial charge is 0.387 e. The molecular formula is C9H11N3O5S. The van der Waals surface area contributed by atoms with E-state index < -0.39 is 26.4 Å². The average molecular weight is 273 g/mol. The van der Waals surface area contributed by atoms with Crippen molar-refractivity contribution in [3.8, 4) is 0 Å². The van der Waals surface area contributed by atoms with Crippen LogP contribution in [0.4, 0.5) is 5.82 Å². The molecule has 0 aromatic carbocycles. The zero-order valence-corrected chi connectivity index (χ0v) is 10.3. The van der Waals surface area contributed by atoms with Gasteiger partial charge < -0.3 is 15.2 Å². The molecule has 1 aliphatic rings. The molecule has 1 fully saturated rings. The Labute approximate surface area is 103 Å². The topological polar surface area (TPSA) is 114 Å². The van der Waals surface area contributed by atoms with E-state index in [1.54, 1.807) is 0 Å². The van der Waals surface area contributed by atoms with E-state index in [9.17, 15) is 23.6 Å². The van der Waals surface area contributed by atoms with Gasteiger partial charge in [0.1, 0.15) is 4.90 Å².